The zero-order valence-corrected chi connectivity index (χ0v) is 14.9. The molecule has 0 radical (unpaired) electrons. The molecule has 0 spiro atoms. The molecule has 1 amide bonds. The number of amides is 1. The number of hydrogen-bond donors (Lipinski definition) is 1. The summed E-state index contributed by atoms with van der Waals surface area (Å²) in [6, 6.07) is 8.02. The molecule has 5 heteroatoms. The van der Waals surface area contributed by atoms with Crippen LogP contribution < -0.4 is 5.32 Å². The molecule has 1 aromatic carbocycles. The van der Waals surface area contributed by atoms with Gasteiger partial charge in [0.2, 0.25) is 0 Å². The molecule has 1 N–H and O–H groups in total. The summed E-state index contributed by atoms with van der Waals surface area (Å²) in [6.45, 7) is 4.01. The van der Waals surface area contributed by atoms with Crippen LogP contribution in [0.4, 0.5) is 5.82 Å². The summed E-state index contributed by atoms with van der Waals surface area (Å²) in [7, 11) is 1.87. The Labute approximate surface area is 147 Å². The van der Waals surface area contributed by atoms with Gasteiger partial charge in [0, 0.05) is 29.9 Å². The molecule has 1 aliphatic carbocycles. The second-order valence-electron chi connectivity index (χ2n) is 6.89. The van der Waals surface area contributed by atoms with E-state index in [4.69, 9.17) is 4.98 Å². The number of fused-ring (bicyclic) bond motifs is 2. The van der Waals surface area contributed by atoms with Crippen LogP contribution >= 0.6 is 0 Å². The van der Waals surface area contributed by atoms with Crippen molar-refractivity contribution in [3.63, 3.8) is 0 Å². The van der Waals surface area contributed by atoms with Crippen LogP contribution in [0.1, 0.15) is 45.7 Å². The van der Waals surface area contributed by atoms with Gasteiger partial charge in [0.05, 0.1) is 11.1 Å². The highest BCUT2D eigenvalue weighted by atomic mass is 16.1. The number of nitrogens with zero attached hydrogens (tertiary/aromatic N) is 3. The summed E-state index contributed by atoms with van der Waals surface area (Å²) in [5.41, 5.74) is 5.99. The number of anilines is 1. The minimum Gasteiger partial charge on any atom is -0.305 e. The second-order valence-corrected chi connectivity index (χ2v) is 6.89. The summed E-state index contributed by atoms with van der Waals surface area (Å²) in [5, 5.41) is 8.27. The molecule has 5 nitrogen and oxygen atoms in total. The molecule has 0 aliphatic heterocycles. The van der Waals surface area contributed by atoms with Gasteiger partial charge in [0.25, 0.3) is 5.91 Å². The Morgan fingerprint density at radius 2 is 1.96 bits per heavy atom. The molecular weight excluding hydrogens is 312 g/mol. The van der Waals surface area contributed by atoms with Gasteiger partial charge in [-0.2, -0.15) is 5.10 Å². The van der Waals surface area contributed by atoms with Crippen LogP contribution in [-0.2, 0) is 19.9 Å². The maximum atomic E-state index is 13.1. The molecular formula is C20H22N4O. The predicted octanol–water partition coefficient (Wildman–Crippen LogP) is 3.72. The lowest BCUT2D eigenvalue weighted by atomic mass is 9.89. The fraction of sp³-hybridized carbons (Fsp3) is 0.350. The first kappa shape index (κ1) is 15.8. The average molecular weight is 334 g/mol. The zero-order chi connectivity index (χ0) is 17.6. The molecule has 0 fully saturated rings. The Hall–Kier alpha value is -2.69. The van der Waals surface area contributed by atoms with Crippen molar-refractivity contribution in [2.45, 2.75) is 39.5 Å². The molecule has 4 rings (SSSR count). The monoisotopic (exact) mass is 334 g/mol. The van der Waals surface area contributed by atoms with Crippen molar-refractivity contribution < 1.29 is 4.79 Å². The summed E-state index contributed by atoms with van der Waals surface area (Å²) in [6.07, 6.45) is 4.10. The van der Waals surface area contributed by atoms with E-state index in [2.05, 4.69) is 16.5 Å². The van der Waals surface area contributed by atoms with E-state index >= 15 is 0 Å². The average Bonchev–Trinajstić information content (AvgIpc) is 2.90. The van der Waals surface area contributed by atoms with Crippen LogP contribution in [-0.4, -0.2) is 20.7 Å². The highest BCUT2D eigenvalue weighted by Gasteiger charge is 2.23. The minimum atomic E-state index is -0.0887. The van der Waals surface area contributed by atoms with Gasteiger partial charge in [-0.3, -0.25) is 14.5 Å². The van der Waals surface area contributed by atoms with Crippen molar-refractivity contribution in [1.29, 1.82) is 0 Å². The first-order valence-electron chi connectivity index (χ1n) is 8.77. The van der Waals surface area contributed by atoms with Crippen molar-refractivity contribution in [2.24, 2.45) is 7.05 Å². The minimum absolute atomic E-state index is 0.0887. The van der Waals surface area contributed by atoms with E-state index in [0.29, 0.717) is 5.82 Å². The van der Waals surface area contributed by atoms with E-state index < -0.39 is 0 Å². The van der Waals surface area contributed by atoms with Crippen molar-refractivity contribution in [3.8, 4) is 0 Å². The number of carbonyl (C=O) groups excluding carboxylic acids is 1. The maximum Gasteiger partial charge on any atom is 0.257 e. The number of nitrogens with one attached hydrogen (secondary N) is 1. The maximum absolute atomic E-state index is 13.1. The van der Waals surface area contributed by atoms with Crippen molar-refractivity contribution in [2.75, 3.05) is 5.32 Å². The van der Waals surface area contributed by atoms with E-state index in [-0.39, 0.29) is 5.91 Å². The van der Waals surface area contributed by atoms with Gasteiger partial charge in [0.1, 0.15) is 0 Å². The first-order valence-corrected chi connectivity index (χ1v) is 8.77. The molecule has 0 bridgehead atoms. The smallest absolute Gasteiger partial charge is 0.257 e. The van der Waals surface area contributed by atoms with Crippen molar-refractivity contribution in [1.82, 2.24) is 14.8 Å². The number of pyridine rings is 1. The second kappa shape index (κ2) is 5.99. The van der Waals surface area contributed by atoms with Crippen molar-refractivity contribution >= 4 is 22.6 Å². The van der Waals surface area contributed by atoms with Crippen LogP contribution in [0.25, 0.3) is 10.9 Å². The number of carbonyl (C=O) groups is 1. The fourth-order valence-corrected chi connectivity index (χ4v) is 3.60. The summed E-state index contributed by atoms with van der Waals surface area (Å²) >= 11 is 0. The summed E-state index contributed by atoms with van der Waals surface area (Å²) < 4.78 is 1.76. The number of aromatic nitrogens is 3. The molecule has 128 valence electrons. The lowest BCUT2D eigenvalue weighted by Gasteiger charge is -2.20. The Balaban J connectivity index is 1.86. The standard InChI is InChI=1S/C20H22N4O/c1-12-8-9-17-15(10-12)19(14-6-4-5-7-16(14)21-17)20(25)22-18-11-13(2)24(3)23-18/h8-11H,4-7H2,1-3H3,(H,22,23,25). The molecule has 2 heterocycles. The number of benzene rings is 1. The molecule has 0 saturated carbocycles. The summed E-state index contributed by atoms with van der Waals surface area (Å²) in [4.78, 5) is 18.0. The van der Waals surface area contributed by atoms with Crippen LogP contribution in [0.3, 0.4) is 0 Å². The SMILES string of the molecule is Cc1ccc2nc3c(c(C(=O)Nc4cc(C)n(C)n4)c2c1)CCCC3. The van der Waals surface area contributed by atoms with E-state index in [1.807, 2.05) is 39.1 Å². The molecule has 2 aromatic heterocycles. The van der Waals surface area contributed by atoms with Gasteiger partial charge in [-0.05, 0) is 57.2 Å². The Bertz CT molecular complexity index is 968. The number of hydrogen-bond acceptors (Lipinski definition) is 3. The van der Waals surface area contributed by atoms with Gasteiger partial charge in [-0.15, -0.1) is 0 Å². The van der Waals surface area contributed by atoms with E-state index in [1.165, 1.54) is 0 Å². The Kier molecular flexibility index (Phi) is 3.79. The van der Waals surface area contributed by atoms with Gasteiger partial charge >= 0.3 is 0 Å². The Morgan fingerprint density at radius 3 is 2.72 bits per heavy atom. The molecule has 3 aromatic rings. The zero-order valence-electron chi connectivity index (χ0n) is 14.9. The lowest BCUT2D eigenvalue weighted by Crippen LogP contribution is -2.19. The molecule has 25 heavy (non-hydrogen) atoms. The van der Waals surface area contributed by atoms with Gasteiger partial charge in [0.15, 0.2) is 5.82 Å². The Morgan fingerprint density at radius 1 is 1.16 bits per heavy atom. The highest BCUT2D eigenvalue weighted by molar-refractivity contribution is 6.13. The normalized spacial score (nSPS) is 13.7. The van der Waals surface area contributed by atoms with E-state index in [0.717, 1.165) is 64.7 Å². The van der Waals surface area contributed by atoms with Gasteiger partial charge in [-0.1, -0.05) is 11.6 Å². The van der Waals surface area contributed by atoms with Crippen LogP contribution in [0.15, 0.2) is 24.3 Å². The van der Waals surface area contributed by atoms with E-state index in [9.17, 15) is 4.79 Å². The third-order valence-corrected chi connectivity index (χ3v) is 5.00. The van der Waals surface area contributed by atoms with Gasteiger partial charge in [-0.25, -0.2) is 0 Å². The van der Waals surface area contributed by atoms with Crippen LogP contribution in [0, 0.1) is 13.8 Å². The molecule has 0 saturated heterocycles. The fourth-order valence-electron chi connectivity index (χ4n) is 3.60. The van der Waals surface area contributed by atoms with Gasteiger partial charge < -0.3 is 5.32 Å². The number of aryl methyl sites for hydroxylation is 4. The third kappa shape index (κ3) is 2.80. The number of rotatable bonds is 2. The predicted molar refractivity (Wildman–Crippen MR) is 99.0 cm³/mol. The quantitative estimate of drug-likeness (QED) is 0.777. The molecule has 0 atom stereocenters. The molecule has 0 unspecified atom stereocenters. The lowest BCUT2D eigenvalue weighted by molar-refractivity contribution is 0.102. The first-order chi connectivity index (χ1) is 12.0. The molecule has 1 aliphatic rings. The van der Waals surface area contributed by atoms with Crippen LogP contribution in [0.2, 0.25) is 0 Å². The summed E-state index contributed by atoms with van der Waals surface area (Å²) in [5.74, 6) is 0.501. The largest absolute Gasteiger partial charge is 0.305 e. The third-order valence-electron chi connectivity index (χ3n) is 5.00. The van der Waals surface area contributed by atoms with E-state index in [1.54, 1.807) is 4.68 Å². The highest BCUT2D eigenvalue weighted by Crippen LogP contribution is 2.30. The van der Waals surface area contributed by atoms with Crippen LogP contribution in [0.5, 0.6) is 0 Å². The van der Waals surface area contributed by atoms with Crippen molar-refractivity contribution in [3.05, 3.63) is 52.3 Å². The topological polar surface area (TPSA) is 59.8 Å².